The summed E-state index contributed by atoms with van der Waals surface area (Å²) >= 11 is 0. The van der Waals surface area contributed by atoms with E-state index in [-0.39, 0.29) is 0 Å². The van der Waals surface area contributed by atoms with Gasteiger partial charge in [0, 0.05) is 26.1 Å². The average molecular weight is 275 g/mol. The van der Waals surface area contributed by atoms with Crippen molar-refractivity contribution in [2.45, 2.75) is 32.7 Å². The monoisotopic (exact) mass is 275 g/mol. The quantitative estimate of drug-likeness (QED) is 0.845. The largest absolute Gasteiger partial charge is 0.383 e. The molecule has 2 N–H and O–H groups in total. The molecule has 20 heavy (non-hydrogen) atoms. The van der Waals surface area contributed by atoms with Crippen molar-refractivity contribution < 1.29 is 4.74 Å². The highest BCUT2D eigenvalue weighted by molar-refractivity contribution is 5.76. The van der Waals surface area contributed by atoms with Gasteiger partial charge in [0.2, 0.25) is 0 Å². The van der Waals surface area contributed by atoms with E-state index >= 15 is 0 Å². The molecule has 0 radical (unpaired) electrons. The van der Waals surface area contributed by atoms with E-state index in [2.05, 4.69) is 36.6 Å². The lowest BCUT2D eigenvalue weighted by Gasteiger charge is -2.18. The van der Waals surface area contributed by atoms with E-state index in [0.717, 1.165) is 24.3 Å². The minimum absolute atomic E-state index is 0.305. The summed E-state index contributed by atoms with van der Waals surface area (Å²) in [5.74, 6) is 2.01. The standard InChI is InChI=1S/C16H25N3O/c1-12(2)10-13(11-17)16-18-14-6-4-5-7-15(14)19(16)8-9-20-3/h4-7,12-13H,8-11,17H2,1-3H3. The van der Waals surface area contributed by atoms with Crippen LogP contribution < -0.4 is 5.73 Å². The van der Waals surface area contributed by atoms with Crippen LogP contribution in [0.1, 0.15) is 32.0 Å². The minimum atomic E-state index is 0.305. The molecular formula is C16H25N3O. The van der Waals surface area contributed by atoms with Gasteiger partial charge in [0.1, 0.15) is 5.82 Å². The Bertz CT molecular complexity index is 548. The maximum Gasteiger partial charge on any atom is 0.114 e. The first-order valence-electron chi connectivity index (χ1n) is 7.31. The number of methoxy groups -OCH3 is 1. The third-order valence-corrected chi connectivity index (χ3v) is 3.61. The van der Waals surface area contributed by atoms with E-state index in [1.54, 1.807) is 7.11 Å². The maximum atomic E-state index is 5.99. The van der Waals surface area contributed by atoms with Crippen LogP contribution in [0.2, 0.25) is 0 Å². The molecule has 1 aromatic heterocycles. The molecule has 1 unspecified atom stereocenters. The predicted molar refractivity (Wildman–Crippen MR) is 82.9 cm³/mol. The summed E-state index contributed by atoms with van der Waals surface area (Å²) in [4.78, 5) is 4.82. The second-order valence-corrected chi connectivity index (χ2v) is 5.67. The van der Waals surface area contributed by atoms with Crippen molar-refractivity contribution in [3.63, 3.8) is 0 Å². The normalized spacial score (nSPS) is 13.2. The molecule has 0 aliphatic rings. The molecule has 4 nitrogen and oxygen atoms in total. The second kappa shape index (κ2) is 6.86. The number of rotatable bonds is 7. The first kappa shape index (κ1) is 15.0. The van der Waals surface area contributed by atoms with Crippen molar-refractivity contribution in [1.29, 1.82) is 0 Å². The number of para-hydroxylation sites is 2. The summed E-state index contributed by atoms with van der Waals surface area (Å²) in [6.45, 7) is 6.59. The lowest BCUT2D eigenvalue weighted by molar-refractivity contribution is 0.186. The number of benzene rings is 1. The summed E-state index contributed by atoms with van der Waals surface area (Å²) in [5, 5.41) is 0. The Morgan fingerprint density at radius 2 is 2.05 bits per heavy atom. The molecule has 110 valence electrons. The van der Waals surface area contributed by atoms with Crippen LogP contribution in [0.25, 0.3) is 11.0 Å². The van der Waals surface area contributed by atoms with Crippen LogP contribution >= 0.6 is 0 Å². The Morgan fingerprint density at radius 1 is 1.30 bits per heavy atom. The van der Waals surface area contributed by atoms with Crippen LogP contribution in [0.3, 0.4) is 0 Å². The van der Waals surface area contributed by atoms with E-state index in [1.807, 2.05) is 6.07 Å². The SMILES string of the molecule is COCCn1c(C(CN)CC(C)C)nc2ccccc21. The second-order valence-electron chi connectivity index (χ2n) is 5.67. The molecule has 0 saturated heterocycles. The fraction of sp³-hybridized carbons (Fsp3) is 0.562. The van der Waals surface area contributed by atoms with Gasteiger partial charge < -0.3 is 15.0 Å². The molecule has 0 saturated carbocycles. The third-order valence-electron chi connectivity index (χ3n) is 3.61. The smallest absolute Gasteiger partial charge is 0.114 e. The Balaban J connectivity index is 2.43. The first-order chi connectivity index (χ1) is 9.67. The summed E-state index contributed by atoms with van der Waals surface area (Å²) in [6.07, 6.45) is 1.06. The van der Waals surface area contributed by atoms with E-state index in [4.69, 9.17) is 15.5 Å². The Hall–Kier alpha value is -1.39. The van der Waals surface area contributed by atoms with Crippen LogP contribution in [0.5, 0.6) is 0 Å². The summed E-state index contributed by atoms with van der Waals surface area (Å²) in [7, 11) is 1.73. The van der Waals surface area contributed by atoms with Gasteiger partial charge in [-0.25, -0.2) is 4.98 Å². The number of nitrogens with zero attached hydrogens (tertiary/aromatic N) is 2. The third kappa shape index (κ3) is 3.19. The Morgan fingerprint density at radius 3 is 2.70 bits per heavy atom. The van der Waals surface area contributed by atoms with Gasteiger partial charge in [-0.2, -0.15) is 0 Å². The lowest BCUT2D eigenvalue weighted by Crippen LogP contribution is -2.20. The average Bonchev–Trinajstić information content (AvgIpc) is 2.80. The topological polar surface area (TPSA) is 53.1 Å². The predicted octanol–water partition coefficient (Wildman–Crippen LogP) is 2.77. The summed E-state index contributed by atoms with van der Waals surface area (Å²) in [5.41, 5.74) is 8.20. The number of imidazole rings is 1. The molecule has 2 rings (SSSR count). The molecule has 0 aliphatic heterocycles. The number of fused-ring (bicyclic) bond motifs is 1. The van der Waals surface area contributed by atoms with E-state index in [0.29, 0.717) is 25.0 Å². The Kier molecular flexibility index (Phi) is 5.15. The summed E-state index contributed by atoms with van der Waals surface area (Å²) in [6, 6.07) is 8.26. The molecule has 0 amide bonds. The highest BCUT2D eigenvalue weighted by atomic mass is 16.5. The van der Waals surface area contributed by atoms with Crippen molar-refractivity contribution >= 4 is 11.0 Å². The van der Waals surface area contributed by atoms with Gasteiger partial charge in [0.05, 0.1) is 17.6 Å². The van der Waals surface area contributed by atoms with Crippen LogP contribution in [0, 0.1) is 5.92 Å². The molecule has 0 bridgehead atoms. The number of nitrogens with two attached hydrogens (primary N) is 1. The number of hydrogen-bond donors (Lipinski definition) is 1. The number of hydrogen-bond acceptors (Lipinski definition) is 3. The van der Waals surface area contributed by atoms with Crippen molar-refractivity contribution in [3.8, 4) is 0 Å². The molecule has 1 heterocycles. The Labute approximate surface area is 120 Å². The molecule has 0 spiro atoms. The highest BCUT2D eigenvalue weighted by Gasteiger charge is 2.19. The molecule has 1 aromatic carbocycles. The molecule has 0 fully saturated rings. The van der Waals surface area contributed by atoms with Gasteiger partial charge in [0.25, 0.3) is 0 Å². The van der Waals surface area contributed by atoms with Crippen molar-refractivity contribution in [2.24, 2.45) is 11.7 Å². The maximum absolute atomic E-state index is 5.99. The van der Waals surface area contributed by atoms with Gasteiger partial charge >= 0.3 is 0 Å². The minimum Gasteiger partial charge on any atom is -0.383 e. The van der Waals surface area contributed by atoms with E-state index < -0.39 is 0 Å². The van der Waals surface area contributed by atoms with Gasteiger partial charge in [-0.1, -0.05) is 26.0 Å². The first-order valence-corrected chi connectivity index (χ1v) is 7.31. The van der Waals surface area contributed by atoms with Crippen LogP contribution in [0.4, 0.5) is 0 Å². The van der Waals surface area contributed by atoms with Gasteiger partial charge in [-0.3, -0.25) is 0 Å². The van der Waals surface area contributed by atoms with Crippen molar-refractivity contribution in [3.05, 3.63) is 30.1 Å². The fourth-order valence-corrected chi connectivity index (χ4v) is 2.70. The van der Waals surface area contributed by atoms with Crippen LogP contribution in [-0.2, 0) is 11.3 Å². The zero-order chi connectivity index (χ0) is 14.5. The molecule has 4 heteroatoms. The van der Waals surface area contributed by atoms with Gasteiger partial charge in [0.15, 0.2) is 0 Å². The van der Waals surface area contributed by atoms with E-state index in [9.17, 15) is 0 Å². The van der Waals surface area contributed by atoms with Crippen LogP contribution in [-0.4, -0.2) is 29.8 Å². The molecular weight excluding hydrogens is 250 g/mol. The lowest BCUT2D eigenvalue weighted by atomic mass is 9.96. The molecule has 1 atom stereocenters. The zero-order valence-corrected chi connectivity index (χ0v) is 12.7. The highest BCUT2D eigenvalue weighted by Crippen LogP contribution is 2.26. The number of aromatic nitrogens is 2. The van der Waals surface area contributed by atoms with E-state index in [1.165, 1.54) is 5.52 Å². The molecule has 0 aliphatic carbocycles. The summed E-state index contributed by atoms with van der Waals surface area (Å²) < 4.78 is 7.50. The zero-order valence-electron chi connectivity index (χ0n) is 12.7. The number of ether oxygens (including phenoxy) is 1. The van der Waals surface area contributed by atoms with Crippen LogP contribution in [0.15, 0.2) is 24.3 Å². The van der Waals surface area contributed by atoms with Crippen molar-refractivity contribution in [2.75, 3.05) is 20.3 Å². The van der Waals surface area contributed by atoms with Crippen molar-refractivity contribution in [1.82, 2.24) is 9.55 Å². The van der Waals surface area contributed by atoms with Gasteiger partial charge in [-0.05, 0) is 24.5 Å². The van der Waals surface area contributed by atoms with Gasteiger partial charge in [-0.15, -0.1) is 0 Å². The fourth-order valence-electron chi connectivity index (χ4n) is 2.70. The molecule has 2 aromatic rings.